The van der Waals surface area contributed by atoms with Crippen molar-refractivity contribution < 1.29 is 28.2 Å². The van der Waals surface area contributed by atoms with Crippen molar-refractivity contribution in [3.8, 4) is 5.75 Å². The second kappa shape index (κ2) is 7.72. The third kappa shape index (κ3) is 4.41. The lowest BCUT2D eigenvalue weighted by Gasteiger charge is -2.26. The Balaban J connectivity index is 2.54. The number of carbonyl (C=O) groups excluding carboxylic acids is 1. The predicted molar refractivity (Wildman–Crippen MR) is 75.5 cm³/mol. The number of aliphatic carboxylic acids is 1. The monoisotopic (exact) mass is 315 g/mol. The molecule has 0 fully saturated rings. The number of ether oxygens (including phenoxy) is 1. The molecule has 0 saturated heterocycles. The molecule has 1 amide bonds. The van der Waals surface area contributed by atoms with Gasteiger partial charge in [0, 0.05) is 12.6 Å². The average molecular weight is 315 g/mol. The highest BCUT2D eigenvalue weighted by Gasteiger charge is 2.35. The molecule has 1 rings (SSSR count). The molecule has 2 N–H and O–H groups in total. The van der Waals surface area contributed by atoms with Crippen LogP contribution < -0.4 is 10.1 Å². The van der Waals surface area contributed by atoms with Crippen LogP contribution in [0.25, 0.3) is 0 Å². The summed E-state index contributed by atoms with van der Waals surface area (Å²) in [6, 6.07) is 2.74. The van der Waals surface area contributed by atoms with Crippen LogP contribution in [0.2, 0.25) is 0 Å². The van der Waals surface area contributed by atoms with Gasteiger partial charge >= 0.3 is 5.97 Å². The Bertz CT molecular complexity index is 544. The average Bonchev–Trinajstić information content (AvgIpc) is 2.47. The molecule has 7 heteroatoms. The predicted octanol–water partition coefficient (Wildman–Crippen LogP) is 2.35. The van der Waals surface area contributed by atoms with Crippen LogP contribution in [0.3, 0.4) is 0 Å². The summed E-state index contributed by atoms with van der Waals surface area (Å²) in [5.74, 6) is -3.45. The van der Waals surface area contributed by atoms with Gasteiger partial charge in [0.2, 0.25) is 0 Å². The molecule has 0 radical (unpaired) electrons. The number of amides is 1. The number of carbonyl (C=O) groups is 2. The van der Waals surface area contributed by atoms with Gasteiger partial charge in [-0.1, -0.05) is 13.8 Å². The van der Waals surface area contributed by atoms with E-state index in [4.69, 9.17) is 4.74 Å². The van der Waals surface area contributed by atoms with Crippen LogP contribution in [0.1, 0.15) is 26.7 Å². The first-order valence-corrected chi connectivity index (χ1v) is 6.92. The molecule has 0 unspecified atom stereocenters. The van der Waals surface area contributed by atoms with Gasteiger partial charge < -0.3 is 15.2 Å². The lowest BCUT2D eigenvalue weighted by molar-refractivity contribution is -0.149. The van der Waals surface area contributed by atoms with Gasteiger partial charge in [-0.2, -0.15) is 0 Å². The van der Waals surface area contributed by atoms with Gasteiger partial charge in [0.15, 0.2) is 18.2 Å². The van der Waals surface area contributed by atoms with Gasteiger partial charge in [-0.05, 0) is 25.0 Å². The summed E-state index contributed by atoms with van der Waals surface area (Å²) in [4.78, 5) is 23.0. The lowest BCUT2D eigenvalue weighted by Crippen LogP contribution is -2.43. The number of carboxylic acid groups (broad SMARTS) is 1. The third-order valence-corrected chi connectivity index (χ3v) is 3.68. The smallest absolute Gasteiger partial charge is 0.311 e. The van der Waals surface area contributed by atoms with Gasteiger partial charge in [-0.3, -0.25) is 9.59 Å². The molecule has 0 bridgehead atoms. The minimum absolute atomic E-state index is 0.0383. The molecule has 5 nitrogen and oxygen atoms in total. The van der Waals surface area contributed by atoms with Crippen molar-refractivity contribution in [1.29, 1.82) is 0 Å². The van der Waals surface area contributed by atoms with Crippen molar-refractivity contribution in [2.75, 3.05) is 13.2 Å². The maximum atomic E-state index is 13.3. The molecule has 0 aliphatic heterocycles. The van der Waals surface area contributed by atoms with E-state index < -0.39 is 35.5 Å². The highest BCUT2D eigenvalue weighted by Crippen LogP contribution is 2.25. The fourth-order valence-corrected chi connectivity index (χ4v) is 1.93. The van der Waals surface area contributed by atoms with Gasteiger partial charge in [-0.25, -0.2) is 8.78 Å². The Hall–Kier alpha value is -2.18. The number of hydrogen-bond acceptors (Lipinski definition) is 3. The number of benzene rings is 1. The van der Waals surface area contributed by atoms with Crippen LogP contribution in [-0.2, 0) is 9.59 Å². The molecule has 0 aliphatic carbocycles. The second-order valence-electron chi connectivity index (χ2n) is 4.93. The van der Waals surface area contributed by atoms with Crippen LogP contribution in [0.15, 0.2) is 18.2 Å². The largest absolute Gasteiger partial charge is 0.481 e. The standard InChI is InChI=1S/C15H19F2NO4/c1-3-15(4-2,14(20)21)9-18-13(19)8-22-12-6-5-10(16)7-11(12)17/h5-7H,3-4,8-9H2,1-2H3,(H,18,19)(H,20,21). The van der Waals surface area contributed by atoms with E-state index in [-0.39, 0.29) is 12.3 Å². The highest BCUT2D eigenvalue weighted by atomic mass is 19.1. The molecular formula is C15H19F2NO4. The van der Waals surface area contributed by atoms with Crippen LogP contribution in [0, 0.1) is 17.0 Å². The zero-order valence-electron chi connectivity index (χ0n) is 12.5. The maximum Gasteiger partial charge on any atom is 0.311 e. The van der Waals surface area contributed by atoms with Gasteiger partial charge in [0.1, 0.15) is 5.82 Å². The van der Waals surface area contributed by atoms with E-state index in [1.54, 1.807) is 13.8 Å². The number of rotatable bonds is 8. The summed E-state index contributed by atoms with van der Waals surface area (Å²) in [5, 5.41) is 11.7. The van der Waals surface area contributed by atoms with Crippen LogP contribution in [0.4, 0.5) is 8.78 Å². The molecule has 22 heavy (non-hydrogen) atoms. The second-order valence-corrected chi connectivity index (χ2v) is 4.93. The molecule has 0 aromatic heterocycles. The van der Waals surface area contributed by atoms with E-state index in [1.807, 2.05) is 0 Å². The summed E-state index contributed by atoms with van der Waals surface area (Å²) in [5.41, 5.74) is -1.03. The van der Waals surface area contributed by atoms with Crippen molar-refractivity contribution in [3.05, 3.63) is 29.8 Å². The van der Waals surface area contributed by atoms with Crippen molar-refractivity contribution in [2.45, 2.75) is 26.7 Å². The van der Waals surface area contributed by atoms with Crippen molar-refractivity contribution >= 4 is 11.9 Å². The molecule has 122 valence electrons. The normalized spacial score (nSPS) is 11.1. The fraction of sp³-hybridized carbons (Fsp3) is 0.467. The molecule has 0 heterocycles. The van der Waals surface area contributed by atoms with Crippen molar-refractivity contribution in [1.82, 2.24) is 5.32 Å². The first-order valence-electron chi connectivity index (χ1n) is 6.92. The van der Waals surface area contributed by atoms with Crippen LogP contribution in [-0.4, -0.2) is 30.1 Å². The first-order chi connectivity index (χ1) is 10.3. The topological polar surface area (TPSA) is 75.6 Å². The number of nitrogens with one attached hydrogen (secondary N) is 1. The Morgan fingerprint density at radius 3 is 2.41 bits per heavy atom. The third-order valence-electron chi connectivity index (χ3n) is 3.68. The maximum absolute atomic E-state index is 13.3. The Kier molecular flexibility index (Phi) is 6.27. The van der Waals surface area contributed by atoms with Crippen molar-refractivity contribution in [2.24, 2.45) is 5.41 Å². The van der Waals surface area contributed by atoms with Crippen LogP contribution in [0.5, 0.6) is 5.75 Å². The zero-order chi connectivity index (χ0) is 16.8. The minimum Gasteiger partial charge on any atom is -0.481 e. The first kappa shape index (κ1) is 17.9. The molecule has 1 aromatic carbocycles. The van der Waals surface area contributed by atoms with E-state index in [0.29, 0.717) is 18.9 Å². The molecule has 0 atom stereocenters. The summed E-state index contributed by atoms with van der Waals surface area (Å²) in [6.45, 7) is 2.94. The summed E-state index contributed by atoms with van der Waals surface area (Å²) in [6.07, 6.45) is 0.735. The lowest BCUT2D eigenvalue weighted by atomic mass is 9.82. The molecule has 1 aromatic rings. The molecular weight excluding hydrogens is 296 g/mol. The van der Waals surface area contributed by atoms with Gasteiger partial charge in [-0.15, -0.1) is 0 Å². The quantitative estimate of drug-likeness (QED) is 0.772. The highest BCUT2D eigenvalue weighted by molar-refractivity contribution is 5.80. The minimum atomic E-state index is -1.03. The van der Waals surface area contributed by atoms with Gasteiger partial charge in [0.05, 0.1) is 5.41 Å². The molecule has 0 aliphatic rings. The summed E-state index contributed by atoms with van der Waals surface area (Å²) < 4.78 is 31.0. The molecule has 0 spiro atoms. The van der Waals surface area contributed by atoms with E-state index in [9.17, 15) is 23.5 Å². The van der Waals surface area contributed by atoms with E-state index in [1.165, 1.54) is 0 Å². The summed E-state index contributed by atoms with van der Waals surface area (Å²) in [7, 11) is 0. The zero-order valence-corrected chi connectivity index (χ0v) is 12.5. The van der Waals surface area contributed by atoms with Crippen molar-refractivity contribution in [3.63, 3.8) is 0 Å². The fourth-order valence-electron chi connectivity index (χ4n) is 1.93. The summed E-state index contributed by atoms with van der Waals surface area (Å²) >= 11 is 0. The Morgan fingerprint density at radius 1 is 1.27 bits per heavy atom. The Labute approximate surface area is 127 Å². The SMILES string of the molecule is CCC(CC)(CNC(=O)COc1ccc(F)cc1F)C(=O)O. The Morgan fingerprint density at radius 2 is 1.91 bits per heavy atom. The van der Waals surface area contributed by atoms with E-state index in [0.717, 1.165) is 12.1 Å². The number of halogens is 2. The van der Waals surface area contributed by atoms with Crippen LogP contribution >= 0.6 is 0 Å². The van der Waals surface area contributed by atoms with E-state index in [2.05, 4.69) is 5.32 Å². The van der Waals surface area contributed by atoms with E-state index >= 15 is 0 Å². The number of carboxylic acids is 1. The van der Waals surface area contributed by atoms with Gasteiger partial charge in [0.25, 0.3) is 5.91 Å². The number of hydrogen-bond donors (Lipinski definition) is 2. The molecule has 0 saturated carbocycles.